The minimum absolute atomic E-state index is 0. The third kappa shape index (κ3) is 4.10. The Labute approximate surface area is 81.0 Å². The highest BCUT2D eigenvalue weighted by Crippen LogP contribution is 1.89. The van der Waals surface area contributed by atoms with Crippen LogP contribution < -0.4 is 4.70 Å². The number of rotatable bonds is 2. The smallest absolute Gasteiger partial charge is 0.349 e. The van der Waals surface area contributed by atoms with Gasteiger partial charge in [0.15, 0.2) is 0 Å². The fourth-order valence-corrected chi connectivity index (χ4v) is 1.47. The van der Waals surface area contributed by atoms with E-state index in [0.717, 1.165) is 13.1 Å². The van der Waals surface area contributed by atoms with Crippen molar-refractivity contribution in [3.63, 3.8) is 0 Å². The lowest BCUT2D eigenvalue weighted by molar-refractivity contribution is -0.530. The van der Waals surface area contributed by atoms with Crippen molar-refractivity contribution in [3.05, 3.63) is 0 Å². The molecule has 0 aliphatic heterocycles. The Hall–Kier alpha value is -0.800. The molecule has 0 heterocycles. The number of nitrogens with zero attached hydrogens (tertiary/aromatic N) is 3. The van der Waals surface area contributed by atoms with Gasteiger partial charge in [0.2, 0.25) is 0 Å². The van der Waals surface area contributed by atoms with Crippen LogP contribution in [-0.2, 0) is 0 Å². The molecule has 0 N–H and O–H groups in total. The van der Waals surface area contributed by atoms with Gasteiger partial charge in [0, 0.05) is 0 Å². The first-order chi connectivity index (χ1) is 5.54. The van der Waals surface area contributed by atoms with E-state index in [2.05, 4.69) is 56.4 Å². The van der Waals surface area contributed by atoms with E-state index in [0.29, 0.717) is 0 Å². The van der Waals surface area contributed by atoms with E-state index >= 15 is 0 Å². The van der Waals surface area contributed by atoms with Gasteiger partial charge in [-0.15, -0.1) is 0 Å². The number of halogens is 1. The van der Waals surface area contributed by atoms with Crippen LogP contribution in [0.1, 0.15) is 13.8 Å². The summed E-state index contributed by atoms with van der Waals surface area (Å²) in [5.41, 5.74) is 0. The van der Waals surface area contributed by atoms with Crippen LogP contribution in [0.3, 0.4) is 0 Å². The Morgan fingerprint density at radius 2 is 1.23 bits per heavy atom. The lowest BCUT2D eigenvalue weighted by Crippen LogP contribution is -3.00. The van der Waals surface area contributed by atoms with Crippen molar-refractivity contribution in [2.75, 3.05) is 41.3 Å². The molecule has 0 aliphatic carbocycles. The quantitative estimate of drug-likeness (QED) is 0.272. The summed E-state index contributed by atoms with van der Waals surface area (Å²) in [6, 6.07) is 0. The molecule has 0 fully saturated rings. The Kier molecular flexibility index (Phi) is 7.57. The molecule has 0 rings (SSSR count). The van der Waals surface area contributed by atoms with Crippen LogP contribution in [0.4, 0.5) is 0 Å². The van der Waals surface area contributed by atoms with E-state index in [-0.39, 0.29) is 4.70 Å². The molecule has 0 radical (unpaired) electrons. The topological polar surface area (TPSA) is 9.49 Å². The second kappa shape index (κ2) is 6.69. The molecule has 0 saturated heterocycles. The molecule has 0 bridgehead atoms. The summed E-state index contributed by atoms with van der Waals surface area (Å²) in [6.45, 7) is 6.47. The zero-order chi connectivity index (χ0) is 9.72. The van der Waals surface area contributed by atoms with Gasteiger partial charge < -0.3 is 4.70 Å². The van der Waals surface area contributed by atoms with Gasteiger partial charge in [0.05, 0.1) is 41.3 Å². The molecule has 0 unspecified atom stereocenters. The van der Waals surface area contributed by atoms with Crippen LogP contribution in [0.5, 0.6) is 0 Å². The Balaban J connectivity index is 0. The van der Waals surface area contributed by atoms with Gasteiger partial charge in [-0.3, -0.25) is 14.4 Å². The maximum absolute atomic E-state index is 2.33. The highest BCUT2D eigenvalue weighted by molar-refractivity contribution is 5.74. The Morgan fingerprint density at radius 1 is 0.923 bits per heavy atom. The molecule has 0 aromatic carbocycles. The minimum atomic E-state index is 0. The van der Waals surface area contributed by atoms with E-state index in [1.807, 2.05) is 0 Å². The fraction of sp³-hybridized carbons (Fsp3) is 0.889. The maximum atomic E-state index is 2.33. The highest BCUT2D eigenvalue weighted by Gasteiger charge is 2.15. The summed E-state index contributed by atoms with van der Waals surface area (Å²) in [6.07, 6.45) is 0. The van der Waals surface area contributed by atoms with Gasteiger partial charge in [0.25, 0.3) is 0 Å². The molecule has 0 aromatic heterocycles. The van der Waals surface area contributed by atoms with Gasteiger partial charge in [-0.2, -0.15) is 0 Å². The van der Waals surface area contributed by atoms with E-state index in [4.69, 9.17) is 0 Å². The zero-order valence-electron chi connectivity index (χ0n) is 9.63. The van der Waals surface area contributed by atoms with Crippen LogP contribution in [0.2, 0.25) is 0 Å². The summed E-state index contributed by atoms with van der Waals surface area (Å²) in [7, 11) is 8.31. The molecule has 0 saturated carbocycles. The van der Waals surface area contributed by atoms with Crippen molar-refractivity contribution in [2.45, 2.75) is 13.8 Å². The minimum Gasteiger partial charge on any atom is -1.00 e. The fourth-order valence-electron chi connectivity index (χ4n) is 1.47. The first-order valence-corrected chi connectivity index (χ1v) is 4.51. The second-order valence-corrected chi connectivity index (χ2v) is 3.26. The lowest BCUT2D eigenvalue weighted by Gasteiger charge is -2.19. The van der Waals surface area contributed by atoms with Gasteiger partial charge in [0.1, 0.15) is 0 Å². The summed E-state index contributed by atoms with van der Waals surface area (Å²) in [5, 5.41) is 0. The van der Waals surface area contributed by atoms with Gasteiger partial charge in [-0.05, 0) is 13.8 Å². The number of hydrogen-bond donors (Lipinski definition) is 0. The standard InChI is InChI=1S/C9H22N3.FH/c1-7-12(8-2)9(10(3)4)11(5)6;/h7-8H2,1-6H3;1H/q+1;/p-1. The van der Waals surface area contributed by atoms with Crippen LogP contribution in [0, 0.1) is 0 Å². The van der Waals surface area contributed by atoms with Crippen LogP contribution in [0.25, 0.3) is 0 Å². The average Bonchev–Trinajstić information content (AvgIpc) is 1.98. The average molecular weight is 191 g/mol. The molecule has 4 heteroatoms. The van der Waals surface area contributed by atoms with Crippen molar-refractivity contribution >= 4 is 5.96 Å². The van der Waals surface area contributed by atoms with Gasteiger partial charge in [-0.1, -0.05) is 0 Å². The summed E-state index contributed by atoms with van der Waals surface area (Å²) in [5.74, 6) is 1.26. The molecule has 0 amide bonds. The molecule has 0 aliphatic rings. The molecule has 80 valence electrons. The second-order valence-electron chi connectivity index (χ2n) is 3.26. The SMILES string of the molecule is CC[N+](CC)=C(N(C)C)N(C)C.[F-]. The maximum Gasteiger partial charge on any atom is 0.349 e. The monoisotopic (exact) mass is 191 g/mol. The van der Waals surface area contributed by atoms with Crippen molar-refractivity contribution in [3.8, 4) is 0 Å². The van der Waals surface area contributed by atoms with Crippen molar-refractivity contribution in [1.82, 2.24) is 9.80 Å². The number of hydrogen-bond acceptors (Lipinski definition) is 0. The predicted octanol–water partition coefficient (Wildman–Crippen LogP) is -2.48. The van der Waals surface area contributed by atoms with Crippen molar-refractivity contribution in [2.24, 2.45) is 0 Å². The van der Waals surface area contributed by atoms with Crippen LogP contribution in [0.15, 0.2) is 0 Å². The van der Waals surface area contributed by atoms with Crippen LogP contribution in [-0.4, -0.2) is 61.6 Å². The van der Waals surface area contributed by atoms with Gasteiger partial charge in [-0.25, -0.2) is 0 Å². The third-order valence-corrected chi connectivity index (χ3v) is 1.85. The van der Waals surface area contributed by atoms with E-state index < -0.39 is 0 Å². The normalized spacial score (nSPS) is 8.77. The summed E-state index contributed by atoms with van der Waals surface area (Å²) in [4.78, 5) is 4.29. The zero-order valence-corrected chi connectivity index (χ0v) is 9.63. The molecule has 0 atom stereocenters. The van der Waals surface area contributed by atoms with E-state index in [1.54, 1.807) is 0 Å². The summed E-state index contributed by atoms with van der Waals surface area (Å²) >= 11 is 0. The van der Waals surface area contributed by atoms with Crippen molar-refractivity contribution < 1.29 is 9.28 Å². The Morgan fingerprint density at radius 3 is 1.31 bits per heavy atom. The summed E-state index contributed by atoms with van der Waals surface area (Å²) < 4.78 is 2.33. The molecule has 0 spiro atoms. The third-order valence-electron chi connectivity index (χ3n) is 1.85. The predicted molar refractivity (Wildman–Crippen MR) is 53.7 cm³/mol. The van der Waals surface area contributed by atoms with E-state index in [9.17, 15) is 0 Å². The first-order valence-electron chi connectivity index (χ1n) is 4.51. The molecular formula is C9H22FN3. The number of guanidine groups is 1. The largest absolute Gasteiger partial charge is 1.00 e. The van der Waals surface area contributed by atoms with Crippen LogP contribution >= 0.6 is 0 Å². The Bertz CT molecular complexity index is 148. The first kappa shape index (κ1) is 14.7. The molecule has 0 aromatic rings. The van der Waals surface area contributed by atoms with E-state index in [1.165, 1.54) is 5.96 Å². The molecule has 3 nitrogen and oxygen atoms in total. The molecular weight excluding hydrogens is 169 g/mol. The molecule has 13 heavy (non-hydrogen) atoms. The highest BCUT2D eigenvalue weighted by atomic mass is 19.0. The lowest BCUT2D eigenvalue weighted by atomic mass is 10.5. The van der Waals surface area contributed by atoms with Gasteiger partial charge >= 0.3 is 5.96 Å². The van der Waals surface area contributed by atoms with Crippen molar-refractivity contribution in [1.29, 1.82) is 0 Å².